The first-order valence-electron chi connectivity index (χ1n) is 6.21. The molecule has 1 aliphatic rings. The molecule has 1 heterocycles. The van der Waals surface area contributed by atoms with Crippen molar-refractivity contribution in [2.75, 3.05) is 5.32 Å². The van der Waals surface area contributed by atoms with Gasteiger partial charge >= 0.3 is 5.97 Å². The molecule has 1 aromatic rings. The van der Waals surface area contributed by atoms with Crippen molar-refractivity contribution in [1.82, 2.24) is 4.98 Å². The van der Waals surface area contributed by atoms with Crippen LogP contribution >= 0.6 is 0 Å². The highest BCUT2D eigenvalue weighted by molar-refractivity contribution is 5.95. The number of rotatable bonds is 3. The van der Waals surface area contributed by atoms with E-state index in [-0.39, 0.29) is 5.56 Å². The van der Waals surface area contributed by atoms with Crippen LogP contribution in [-0.4, -0.2) is 22.1 Å². The lowest BCUT2D eigenvalue weighted by Crippen LogP contribution is -2.22. The van der Waals surface area contributed by atoms with Gasteiger partial charge in [-0.3, -0.25) is 4.98 Å². The number of hydrogen-bond donors (Lipinski definition) is 2. The van der Waals surface area contributed by atoms with E-state index in [1.54, 1.807) is 6.92 Å². The Morgan fingerprint density at radius 3 is 2.83 bits per heavy atom. The van der Waals surface area contributed by atoms with Gasteiger partial charge in [0, 0.05) is 11.7 Å². The van der Waals surface area contributed by atoms with E-state index < -0.39 is 5.97 Å². The maximum Gasteiger partial charge on any atom is 0.339 e. The number of allylic oxidation sites excluding steroid dienone is 1. The highest BCUT2D eigenvalue weighted by Crippen LogP contribution is 2.23. The van der Waals surface area contributed by atoms with Crippen LogP contribution in [0.15, 0.2) is 18.2 Å². The summed E-state index contributed by atoms with van der Waals surface area (Å²) < 4.78 is 0. The zero-order chi connectivity index (χ0) is 13.1. The van der Waals surface area contributed by atoms with Crippen LogP contribution in [0.2, 0.25) is 0 Å². The summed E-state index contributed by atoms with van der Waals surface area (Å²) in [6, 6.07) is 2.13. The van der Waals surface area contributed by atoms with E-state index in [1.807, 2.05) is 13.0 Å². The van der Waals surface area contributed by atoms with Crippen molar-refractivity contribution in [2.24, 2.45) is 0 Å². The zero-order valence-corrected chi connectivity index (χ0v) is 10.7. The standard InChI is InChI=1S/C14H18N2O2/c1-9-8-12(13(14(17)18)10(2)15-9)16-11-6-4-3-5-7-11/h3-4,8,11H,5-7H2,1-2H3,(H,15,16)(H,17,18). The summed E-state index contributed by atoms with van der Waals surface area (Å²) in [7, 11) is 0. The van der Waals surface area contributed by atoms with Gasteiger partial charge in [0.25, 0.3) is 0 Å². The fourth-order valence-electron chi connectivity index (χ4n) is 2.36. The lowest BCUT2D eigenvalue weighted by atomic mass is 10.0. The Hall–Kier alpha value is -1.84. The molecule has 0 saturated heterocycles. The highest BCUT2D eigenvalue weighted by Gasteiger charge is 2.18. The van der Waals surface area contributed by atoms with Gasteiger partial charge in [-0.05, 0) is 39.2 Å². The Morgan fingerprint density at radius 1 is 1.44 bits per heavy atom. The molecule has 2 rings (SSSR count). The first kappa shape index (κ1) is 12.6. The minimum Gasteiger partial charge on any atom is -0.478 e. The van der Waals surface area contributed by atoms with Crippen molar-refractivity contribution < 1.29 is 9.90 Å². The van der Waals surface area contributed by atoms with E-state index in [0.717, 1.165) is 25.0 Å². The van der Waals surface area contributed by atoms with E-state index in [1.165, 1.54) is 0 Å². The lowest BCUT2D eigenvalue weighted by Gasteiger charge is -2.22. The third-order valence-corrected chi connectivity index (χ3v) is 3.17. The Morgan fingerprint density at radius 2 is 2.22 bits per heavy atom. The fraction of sp³-hybridized carbons (Fsp3) is 0.429. The number of aromatic nitrogens is 1. The maximum absolute atomic E-state index is 11.3. The molecule has 0 saturated carbocycles. The molecule has 0 fully saturated rings. The van der Waals surface area contributed by atoms with Gasteiger partial charge in [0.15, 0.2) is 0 Å². The smallest absolute Gasteiger partial charge is 0.339 e. The molecule has 96 valence electrons. The van der Waals surface area contributed by atoms with Crippen LogP contribution in [-0.2, 0) is 0 Å². The van der Waals surface area contributed by atoms with Crippen LogP contribution in [0.25, 0.3) is 0 Å². The van der Waals surface area contributed by atoms with Crippen molar-refractivity contribution in [2.45, 2.75) is 39.2 Å². The first-order valence-corrected chi connectivity index (χ1v) is 6.21. The van der Waals surface area contributed by atoms with E-state index in [9.17, 15) is 9.90 Å². The average molecular weight is 246 g/mol. The van der Waals surface area contributed by atoms with Crippen molar-refractivity contribution >= 4 is 11.7 Å². The number of aromatic carboxylic acids is 1. The summed E-state index contributed by atoms with van der Waals surface area (Å²) in [5.74, 6) is -0.922. The molecule has 1 aliphatic carbocycles. The number of anilines is 1. The molecule has 0 spiro atoms. The predicted octanol–water partition coefficient (Wildman–Crippen LogP) is 2.92. The van der Waals surface area contributed by atoms with Gasteiger partial charge < -0.3 is 10.4 Å². The Balaban J connectivity index is 2.30. The SMILES string of the molecule is Cc1cc(NC2CC=CCC2)c(C(=O)O)c(C)n1. The Kier molecular flexibility index (Phi) is 3.65. The van der Waals surface area contributed by atoms with Crippen LogP contribution in [0, 0.1) is 13.8 Å². The third-order valence-electron chi connectivity index (χ3n) is 3.17. The van der Waals surface area contributed by atoms with E-state index in [0.29, 0.717) is 17.4 Å². The second-order valence-electron chi connectivity index (χ2n) is 4.70. The normalized spacial score (nSPS) is 18.7. The number of carbonyl (C=O) groups is 1. The molecule has 4 heteroatoms. The monoisotopic (exact) mass is 246 g/mol. The maximum atomic E-state index is 11.3. The molecule has 0 bridgehead atoms. The number of pyridine rings is 1. The summed E-state index contributed by atoms with van der Waals surface area (Å²) in [5.41, 5.74) is 2.38. The number of carboxylic acid groups (broad SMARTS) is 1. The average Bonchev–Trinajstić information content (AvgIpc) is 2.28. The molecule has 4 nitrogen and oxygen atoms in total. The Bertz CT molecular complexity index is 495. The zero-order valence-electron chi connectivity index (χ0n) is 10.7. The van der Waals surface area contributed by atoms with Crippen LogP contribution in [0.4, 0.5) is 5.69 Å². The van der Waals surface area contributed by atoms with Crippen LogP contribution in [0.5, 0.6) is 0 Å². The van der Waals surface area contributed by atoms with Crippen molar-refractivity contribution in [3.8, 4) is 0 Å². The molecular formula is C14H18N2O2. The molecule has 0 amide bonds. The largest absolute Gasteiger partial charge is 0.478 e. The van der Waals surface area contributed by atoms with E-state index in [4.69, 9.17) is 0 Å². The minimum absolute atomic E-state index is 0.287. The quantitative estimate of drug-likeness (QED) is 0.805. The van der Waals surface area contributed by atoms with Gasteiger partial charge in [-0.25, -0.2) is 4.79 Å². The molecule has 18 heavy (non-hydrogen) atoms. The van der Waals surface area contributed by atoms with E-state index in [2.05, 4.69) is 22.5 Å². The predicted molar refractivity (Wildman–Crippen MR) is 71.1 cm³/mol. The first-order chi connectivity index (χ1) is 8.58. The molecule has 0 aromatic carbocycles. The number of carboxylic acids is 1. The molecule has 1 atom stereocenters. The van der Waals surface area contributed by atoms with Crippen LogP contribution < -0.4 is 5.32 Å². The molecule has 2 N–H and O–H groups in total. The second kappa shape index (κ2) is 5.21. The minimum atomic E-state index is -0.922. The summed E-state index contributed by atoms with van der Waals surface area (Å²) in [6.45, 7) is 3.62. The van der Waals surface area contributed by atoms with Crippen molar-refractivity contribution in [3.05, 3.63) is 35.2 Å². The summed E-state index contributed by atoms with van der Waals surface area (Å²) in [4.78, 5) is 15.5. The molecule has 1 unspecified atom stereocenters. The van der Waals surface area contributed by atoms with Crippen LogP contribution in [0.3, 0.4) is 0 Å². The van der Waals surface area contributed by atoms with Crippen molar-refractivity contribution in [1.29, 1.82) is 0 Å². The number of nitrogens with zero attached hydrogens (tertiary/aromatic N) is 1. The summed E-state index contributed by atoms with van der Waals surface area (Å²) >= 11 is 0. The van der Waals surface area contributed by atoms with Gasteiger partial charge in [-0.15, -0.1) is 0 Å². The van der Waals surface area contributed by atoms with Crippen molar-refractivity contribution in [3.63, 3.8) is 0 Å². The van der Waals surface area contributed by atoms with Gasteiger partial charge in [0.2, 0.25) is 0 Å². The summed E-state index contributed by atoms with van der Waals surface area (Å²) in [6.07, 6.45) is 7.33. The molecule has 0 aliphatic heterocycles. The summed E-state index contributed by atoms with van der Waals surface area (Å²) in [5, 5.41) is 12.6. The fourth-order valence-corrected chi connectivity index (χ4v) is 2.36. The van der Waals surface area contributed by atoms with Gasteiger partial charge in [-0.2, -0.15) is 0 Å². The third kappa shape index (κ3) is 2.70. The van der Waals surface area contributed by atoms with E-state index >= 15 is 0 Å². The molecule has 0 radical (unpaired) electrons. The lowest BCUT2D eigenvalue weighted by molar-refractivity contribution is 0.0696. The van der Waals surface area contributed by atoms with Crippen LogP contribution in [0.1, 0.15) is 41.0 Å². The number of hydrogen-bond acceptors (Lipinski definition) is 3. The van der Waals surface area contributed by atoms with Gasteiger partial charge in [0.05, 0.1) is 11.4 Å². The number of aryl methyl sites for hydroxylation is 2. The molecule has 1 aromatic heterocycles. The second-order valence-corrected chi connectivity index (χ2v) is 4.70. The topological polar surface area (TPSA) is 62.2 Å². The Labute approximate surface area is 107 Å². The van der Waals surface area contributed by atoms with Gasteiger partial charge in [-0.1, -0.05) is 12.2 Å². The van der Waals surface area contributed by atoms with Gasteiger partial charge in [0.1, 0.15) is 5.56 Å². The highest BCUT2D eigenvalue weighted by atomic mass is 16.4. The number of nitrogens with one attached hydrogen (secondary N) is 1. The molecular weight excluding hydrogens is 228 g/mol.